The van der Waals surface area contributed by atoms with Gasteiger partial charge in [0.1, 0.15) is 5.75 Å². The Morgan fingerprint density at radius 2 is 1.96 bits per heavy atom. The van der Waals surface area contributed by atoms with Gasteiger partial charge in [0.15, 0.2) is 6.61 Å². The topological polar surface area (TPSA) is 68.5 Å². The Morgan fingerprint density at radius 1 is 1.18 bits per heavy atom. The minimum Gasteiger partial charge on any atom is -0.484 e. The normalized spacial score (nSPS) is 16.8. The quantitative estimate of drug-likeness (QED) is 0.676. The molecular formula is C22H23N3O3. The molecule has 1 aliphatic rings. The van der Waals surface area contributed by atoms with Gasteiger partial charge < -0.3 is 14.2 Å². The molecule has 0 radical (unpaired) electrons. The molecule has 144 valence electrons. The van der Waals surface area contributed by atoms with E-state index >= 15 is 0 Å². The van der Waals surface area contributed by atoms with Crippen molar-refractivity contribution >= 4 is 5.91 Å². The molecule has 3 aromatic rings. The summed E-state index contributed by atoms with van der Waals surface area (Å²) >= 11 is 0. The predicted molar refractivity (Wildman–Crippen MR) is 105 cm³/mol. The van der Waals surface area contributed by atoms with Gasteiger partial charge in [0.05, 0.1) is 5.92 Å². The van der Waals surface area contributed by atoms with Crippen LogP contribution >= 0.6 is 0 Å². The Morgan fingerprint density at radius 3 is 2.75 bits per heavy atom. The maximum Gasteiger partial charge on any atom is 0.260 e. The van der Waals surface area contributed by atoms with E-state index in [0.29, 0.717) is 24.0 Å². The molecular weight excluding hydrogens is 354 g/mol. The van der Waals surface area contributed by atoms with Crippen molar-refractivity contribution in [1.82, 2.24) is 15.0 Å². The molecule has 0 spiro atoms. The number of benzene rings is 2. The number of ether oxygens (including phenoxy) is 1. The SMILES string of the molecule is Cc1ccc(-c2noc(C3CCCN(C(=O)COc4ccccc4)C3)n2)cc1. The first-order valence-corrected chi connectivity index (χ1v) is 9.55. The number of carbonyl (C=O) groups excluding carboxylic acids is 1. The van der Waals surface area contributed by atoms with Crippen LogP contribution in [-0.4, -0.2) is 40.6 Å². The number of amides is 1. The summed E-state index contributed by atoms with van der Waals surface area (Å²) in [4.78, 5) is 18.9. The van der Waals surface area contributed by atoms with Gasteiger partial charge in [-0.2, -0.15) is 4.98 Å². The molecule has 2 heterocycles. The number of likely N-dealkylation sites (tertiary alicyclic amines) is 1. The number of para-hydroxylation sites is 1. The molecule has 1 saturated heterocycles. The van der Waals surface area contributed by atoms with E-state index in [1.54, 1.807) is 0 Å². The summed E-state index contributed by atoms with van der Waals surface area (Å²) in [5.41, 5.74) is 2.12. The third kappa shape index (κ3) is 4.22. The molecule has 1 aromatic heterocycles. The van der Waals surface area contributed by atoms with Crippen molar-refractivity contribution in [3.05, 3.63) is 66.1 Å². The number of hydrogen-bond acceptors (Lipinski definition) is 5. The van der Waals surface area contributed by atoms with Gasteiger partial charge in [-0.1, -0.05) is 53.2 Å². The Kier molecular flexibility index (Phi) is 5.37. The van der Waals surface area contributed by atoms with Gasteiger partial charge in [0.2, 0.25) is 11.7 Å². The molecule has 1 fully saturated rings. The maximum absolute atomic E-state index is 12.5. The Hall–Kier alpha value is -3.15. The molecule has 0 aliphatic carbocycles. The summed E-state index contributed by atoms with van der Waals surface area (Å²) in [7, 11) is 0. The summed E-state index contributed by atoms with van der Waals surface area (Å²) in [5, 5.41) is 4.12. The van der Waals surface area contributed by atoms with Crippen LogP contribution in [0.5, 0.6) is 5.75 Å². The molecule has 0 N–H and O–H groups in total. The number of hydrogen-bond donors (Lipinski definition) is 0. The lowest BCUT2D eigenvalue weighted by molar-refractivity contribution is -0.134. The van der Waals surface area contributed by atoms with Crippen LogP contribution in [0.15, 0.2) is 59.1 Å². The molecule has 28 heavy (non-hydrogen) atoms. The fourth-order valence-corrected chi connectivity index (χ4v) is 3.38. The molecule has 2 aromatic carbocycles. The summed E-state index contributed by atoms with van der Waals surface area (Å²) in [6.07, 6.45) is 1.84. The minimum atomic E-state index is -0.0215. The molecule has 1 unspecified atom stereocenters. The Labute approximate surface area is 164 Å². The number of aromatic nitrogens is 2. The second kappa shape index (κ2) is 8.25. The zero-order chi connectivity index (χ0) is 19.3. The lowest BCUT2D eigenvalue weighted by Crippen LogP contribution is -2.41. The molecule has 0 bridgehead atoms. The van der Waals surface area contributed by atoms with Gasteiger partial charge in [-0.15, -0.1) is 0 Å². The van der Waals surface area contributed by atoms with Gasteiger partial charge in [0.25, 0.3) is 5.91 Å². The van der Waals surface area contributed by atoms with E-state index in [4.69, 9.17) is 9.26 Å². The zero-order valence-corrected chi connectivity index (χ0v) is 15.9. The van der Waals surface area contributed by atoms with Crippen LogP contribution in [0.2, 0.25) is 0 Å². The fourth-order valence-electron chi connectivity index (χ4n) is 3.38. The van der Waals surface area contributed by atoms with Crippen LogP contribution < -0.4 is 4.74 Å². The first kappa shape index (κ1) is 18.2. The minimum absolute atomic E-state index is 0.0215. The summed E-state index contributed by atoms with van der Waals surface area (Å²) in [6.45, 7) is 3.38. The van der Waals surface area contributed by atoms with Crippen molar-refractivity contribution in [1.29, 1.82) is 0 Å². The van der Waals surface area contributed by atoms with Crippen molar-refractivity contribution in [3.8, 4) is 17.1 Å². The third-order valence-corrected chi connectivity index (χ3v) is 4.98. The highest BCUT2D eigenvalue weighted by Gasteiger charge is 2.28. The standard InChI is InChI=1S/C22H23N3O3/c1-16-9-11-17(12-10-16)21-23-22(28-24-21)18-6-5-13-25(14-18)20(26)15-27-19-7-3-2-4-8-19/h2-4,7-12,18H,5-6,13-15H2,1H3. The van der Waals surface area contributed by atoms with Crippen molar-refractivity contribution in [2.75, 3.05) is 19.7 Å². The number of aryl methyl sites for hydroxylation is 1. The Balaban J connectivity index is 1.38. The molecule has 1 aliphatic heterocycles. The summed E-state index contributed by atoms with van der Waals surface area (Å²) < 4.78 is 11.1. The highest BCUT2D eigenvalue weighted by atomic mass is 16.5. The van der Waals surface area contributed by atoms with E-state index in [1.807, 2.05) is 66.4 Å². The third-order valence-electron chi connectivity index (χ3n) is 4.98. The first-order valence-electron chi connectivity index (χ1n) is 9.55. The van der Waals surface area contributed by atoms with Gasteiger partial charge in [-0.05, 0) is 31.9 Å². The van der Waals surface area contributed by atoms with Crippen molar-refractivity contribution in [3.63, 3.8) is 0 Å². The van der Waals surface area contributed by atoms with Gasteiger partial charge in [-0.3, -0.25) is 4.79 Å². The van der Waals surface area contributed by atoms with Gasteiger partial charge in [-0.25, -0.2) is 0 Å². The highest BCUT2D eigenvalue weighted by Crippen LogP contribution is 2.27. The van der Waals surface area contributed by atoms with Crippen LogP contribution in [0.3, 0.4) is 0 Å². The van der Waals surface area contributed by atoms with Crippen LogP contribution in [0.4, 0.5) is 0 Å². The molecule has 0 saturated carbocycles. The van der Waals surface area contributed by atoms with E-state index in [0.717, 1.165) is 24.9 Å². The van der Waals surface area contributed by atoms with Crippen molar-refractivity contribution in [2.45, 2.75) is 25.7 Å². The second-order valence-electron chi connectivity index (χ2n) is 7.10. The number of carbonyl (C=O) groups is 1. The lowest BCUT2D eigenvalue weighted by atomic mass is 9.98. The monoisotopic (exact) mass is 377 g/mol. The fraction of sp³-hybridized carbons (Fsp3) is 0.318. The Bertz CT molecular complexity index is 922. The smallest absolute Gasteiger partial charge is 0.260 e. The largest absolute Gasteiger partial charge is 0.484 e. The van der Waals surface area contributed by atoms with E-state index < -0.39 is 0 Å². The zero-order valence-electron chi connectivity index (χ0n) is 15.9. The molecule has 6 heteroatoms. The average Bonchev–Trinajstić information content (AvgIpc) is 3.24. The molecule has 6 nitrogen and oxygen atoms in total. The van der Waals surface area contributed by atoms with Crippen LogP contribution in [0.1, 0.15) is 30.2 Å². The van der Waals surface area contributed by atoms with Crippen molar-refractivity contribution < 1.29 is 14.1 Å². The second-order valence-corrected chi connectivity index (χ2v) is 7.10. The lowest BCUT2D eigenvalue weighted by Gasteiger charge is -2.30. The van der Waals surface area contributed by atoms with E-state index in [2.05, 4.69) is 10.1 Å². The van der Waals surface area contributed by atoms with Crippen LogP contribution in [-0.2, 0) is 4.79 Å². The highest BCUT2D eigenvalue weighted by molar-refractivity contribution is 5.78. The average molecular weight is 377 g/mol. The van der Waals surface area contributed by atoms with Gasteiger partial charge >= 0.3 is 0 Å². The van der Waals surface area contributed by atoms with Crippen molar-refractivity contribution in [2.24, 2.45) is 0 Å². The number of piperidine rings is 1. The van der Waals surface area contributed by atoms with Crippen LogP contribution in [0, 0.1) is 6.92 Å². The van der Waals surface area contributed by atoms with E-state index in [1.165, 1.54) is 5.56 Å². The van der Waals surface area contributed by atoms with Gasteiger partial charge in [0, 0.05) is 18.7 Å². The first-order chi connectivity index (χ1) is 13.7. The molecule has 4 rings (SSSR count). The van der Waals surface area contributed by atoms with Crippen LogP contribution in [0.25, 0.3) is 11.4 Å². The number of rotatable bonds is 5. The summed E-state index contributed by atoms with van der Waals surface area (Å²) in [6, 6.07) is 17.4. The number of nitrogens with zero attached hydrogens (tertiary/aromatic N) is 3. The van der Waals surface area contributed by atoms with E-state index in [-0.39, 0.29) is 18.4 Å². The molecule has 1 amide bonds. The maximum atomic E-state index is 12.5. The predicted octanol–water partition coefficient (Wildman–Crippen LogP) is 3.83. The molecule has 1 atom stereocenters. The summed E-state index contributed by atoms with van der Waals surface area (Å²) in [5.74, 6) is 1.92. The van der Waals surface area contributed by atoms with E-state index in [9.17, 15) is 4.79 Å².